The molecule has 1 aliphatic carbocycles. The molecule has 2 heterocycles. The molecule has 1 fully saturated rings. The highest BCUT2D eigenvalue weighted by molar-refractivity contribution is 5.95. The highest BCUT2D eigenvalue weighted by Gasteiger charge is 2.40. The lowest BCUT2D eigenvalue weighted by molar-refractivity contribution is -0.106. The van der Waals surface area contributed by atoms with Crippen LogP contribution in [0.25, 0.3) is 11.3 Å². The minimum Gasteiger partial charge on any atom is -0.434 e. The molecule has 3 N–H and O–H groups in total. The number of amides is 1. The summed E-state index contributed by atoms with van der Waals surface area (Å²) < 4.78 is 33.0. The average Bonchev–Trinajstić information content (AvgIpc) is 3.10. The zero-order valence-corrected chi connectivity index (χ0v) is 21.9. The second-order valence-corrected chi connectivity index (χ2v) is 11.1. The first-order chi connectivity index (χ1) is 16.7. The number of carbonyl (C=O) groups is 1. The van der Waals surface area contributed by atoms with E-state index in [1.165, 1.54) is 12.3 Å². The number of carbonyl (C=O) groups excluding carboxylic acids is 1. The smallest absolute Gasteiger partial charge is 0.387 e. The van der Waals surface area contributed by atoms with Crippen LogP contribution >= 0.6 is 0 Å². The molecule has 1 amide bonds. The Hall–Kier alpha value is -2.59. The zero-order chi connectivity index (χ0) is 26.8. The minimum atomic E-state index is -3.03. The van der Waals surface area contributed by atoms with E-state index in [0.717, 1.165) is 6.42 Å². The van der Waals surface area contributed by atoms with E-state index in [4.69, 9.17) is 4.74 Å². The Bertz CT molecular complexity index is 1080. The van der Waals surface area contributed by atoms with Crippen LogP contribution in [0, 0.1) is 18.3 Å². The number of rotatable bonds is 8. The number of nitrogens with one attached hydrogen (secondary N) is 1. The fourth-order valence-electron chi connectivity index (χ4n) is 4.73. The Balaban J connectivity index is 1.92. The maximum absolute atomic E-state index is 13.3. The summed E-state index contributed by atoms with van der Waals surface area (Å²) in [5, 5.41) is 28.3. The molecule has 0 radical (unpaired) electrons. The van der Waals surface area contributed by atoms with Crippen molar-refractivity contribution in [3.05, 3.63) is 29.2 Å². The van der Waals surface area contributed by atoms with Gasteiger partial charge < -0.3 is 20.3 Å². The van der Waals surface area contributed by atoms with Crippen molar-refractivity contribution in [1.82, 2.24) is 20.1 Å². The molecule has 2 aromatic heterocycles. The number of aliphatic hydroxyl groups is 2. The van der Waals surface area contributed by atoms with Crippen molar-refractivity contribution in [1.29, 1.82) is 0 Å². The zero-order valence-electron chi connectivity index (χ0n) is 21.9. The number of hydrogen-bond donors (Lipinski definition) is 3. The molecular formula is C26H38F2N4O4. The number of pyridine rings is 1. The molecule has 0 bridgehead atoms. The van der Waals surface area contributed by atoms with E-state index in [1.54, 1.807) is 11.6 Å². The van der Waals surface area contributed by atoms with Gasteiger partial charge in [-0.05, 0) is 50.9 Å². The second kappa shape index (κ2) is 10.8. The number of aryl methyl sites for hydroxylation is 1. The van der Waals surface area contributed by atoms with Crippen molar-refractivity contribution in [3.63, 3.8) is 0 Å². The highest BCUT2D eigenvalue weighted by Crippen LogP contribution is 2.36. The van der Waals surface area contributed by atoms with Crippen LogP contribution in [0.2, 0.25) is 0 Å². The highest BCUT2D eigenvalue weighted by atomic mass is 19.3. The molecule has 0 unspecified atom stereocenters. The molecule has 0 saturated heterocycles. The Morgan fingerprint density at radius 1 is 1.39 bits per heavy atom. The molecule has 200 valence electrons. The predicted molar refractivity (Wildman–Crippen MR) is 132 cm³/mol. The SMILES string of the molecule is CCn1nc(C(=O)NC[C@@]2(O)CC[C@H](C)C[C@@H]2O)c(C)c1-c1cnc(CC(C)(C)C)cc1OC(F)F. The Kier molecular flexibility index (Phi) is 8.40. The van der Waals surface area contributed by atoms with Gasteiger partial charge in [0.2, 0.25) is 0 Å². The normalized spacial score (nSPS) is 22.6. The van der Waals surface area contributed by atoms with Crippen molar-refractivity contribution < 1.29 is 28.5 Å². The van der Waals surface area contributed by atoms with Gasteiger partial charge in [-0.2, -0.15) is 13.9 Å². The third-order valence-corrected chi connectivity index (χ3v) is 6.68. The fraction of sp³-hybridized carbons (Fsp3) is 0.654. The Labute approximate surface area is 211 Å². The third kappa shape index (κ3) is 6.39. The van der Waals surface area contributed by atoms with Crippen LogP contribution in [0.15, 0.2) is 12.3 Å². The molecule has 3 atom stereocenters. The van der Waals surface area contributed by atoms with Crippen LogP contribution in [0.5, 0.6) is 5.75 Å². The number of ether oxygens (including phenoxy) is 1. The number of halogens is 2. The number of nitrogens with zero attached hydrogens (tertiary/aromatic N) is 3. The van der Waals surface area contributed by atoms with Gasteiger partial charge in [0.1, 0.15) is 11.4 Å². The van der Waals surface area contributed by atoms with E-state index < -0.39 is 24.2 Å². The van der Waals surface area contributed by atoms with E-state index in [-0.39, 0.29) is 23.4 Å². The average molecular weight is 509 g/mol. The van der Waals surface area contributed by atoms with Gasteiger partial charge in [-0.1, -0.05) is 27.7 Å². The first kappa shape index (κ1) is 28.0. The van der Waals surface area contributed by atoms with Gasteiger partial charge in [-0.3, -0.25) is 14.5 Å². The summed E-state index contributed by atoms with van der Waals surface area (Å²) in [6.45, 7) is 8.85. The fourth-order valence-corrected chi connectivity index (χ4v) is 4.73. The summed E-state index contributed by atoms with van der Waals surface area (Å²) in [6.07, 6.45) is 2.72. The molecule has 0 spiro atoms. The molecule has 2 aromatic rings. The van der Waals surface area contributed by atoms with E-state index >= 15 is 0 Å². The van der Waals surface area contributed by atoms with Crippen molar-refractivity contribution in [2.75, 3.05) is 6.54 Å². The maximum Gasteiger partial charge on any atom is 0.387 e. The van der Waals surface area contributed by atoms with Gasteiger partial charge in [-0.25, -0.2) is 0 Å². The molecule has 0 aromatic carbocycles. The Morgan fingerprint density at radius 3 is 2.67 bits per heavy atom. The van der Waals surface area contributed by atoms with Gasteiger partial charge in [-0.15, -0.1) is 0 Å². The minimum absolute atomic E-state index is 0.0299. The first-order valence-corrected chi connectivity index (χ1v) is 12.4. The van der Waals surface area contributed by atoms with E-state index in [0.29, 0.717) is 54.2 Å². The molecule has 3 rings (SSSR count). The molecule has 1 aliphatic rings. The topological polar surface area (TPSA) is 110 Å². The standard InChI is InChI=1S/C26H38F2N4O4/c1-7-32-22(18-13-29-17(12-25(4,5)6)11-19(18)36-24(27)28)16(3)21(31-32)23(34)30-14-26(35)9-8-15(2)10-20(26)33/h11,13,15,20,24,33,35H,7-10,12,14H2,1-6H3,(H,30,34)/t15-,20-,26-/m0/s1. The lowest BCUT2D eigenvalue weighted by Crippen LogP contribution is -2.54. The summed E-state index contributed by atoms with van der Waals surface area (Å²) in [5.74, 6) is -0.249. The summed E-state index contributed by atoms with van der Waals surface area (Å²) in [5.41, 5.74) is 0.467. The van der Waals surface area contributed by atoms with Crippen LogP contribution < -0.4 is 10.1 Å². The largest absolute Gasteiger partial charge is 0.434 e. The summed E-state index contributed by atoms with van der Waals surface area (Å²) in [4.78, 5) is 17.5. The first-order valence-electron chi connectivity index (χ1n) is 12.4. The lowest BCUT2D eigenvalue weighted by Gasteiger charge is -2.39. The van der Waals surface area contributed by atoms with Crippen molar-refractivity contribution in [2.45, 2.75) is 92.1 Å². The number of aromatic nitrogens is 3. The van der Waals surface area contributed by atoms with Gasteiger partial charge in [0.05, 0.1) is 17.4 Å². The summed E-state index contributed by atoms with van der Waals surface area (Å²) >= 11 is 0. The maximum atomic E-state index is 13.3. The van der Waals surface area contributed by atoms with E-state index in [2.05, 4.69) is 15.4 Å². The molecule has 0 aliphatic heterocycles. The van der Waals surface area contributed by atoms with Gasteiger partial charge >= 0.3 is 6.61 Å². The number of alkyl halides is 2. The number of hydrogen-bond acceptors (Lipinski definition) is 6. The van der Waals surface area contributed by atoms with Crippen LogP contribution in [0.4, 0.5) is 8.78 Å². The molecular weight excluding hydrogens is 470 g/mol. The molecule has 10 heteroatoms. The third-order valence-electron chi connectivity index (χ3n) is 6.68. The predicted octanol–water partition coefficient (Wildman–Crippen LogP) is 4.11. The van der Waals surface area contributed by atoms with E-state index in [1.807, 2.05) is 34.6 Å². The molecule has 1 saturated carbocycles. The van der Waals surface area contributed by atoms with Crippen LogP contribution in [-0.2, 0) is 13.0 Å². The van der Waals surface area contributed by atoms with Crippen LogP contribution in [-0.4, -0.2) is 55.7 Å². The lowest BCUT2D eigenvalue weighted by atomic mass is 9.77. The van der Waals surface area contributed by atoms with Gasteiger partial charge in [0.25, 0.3) is 5.91 Å². The van der Waals surface area contributed by atoms with Crippen molar-refractivity contribution in [3.8, 4) is 17.0 Å². The quantitative estimate of drug-likeness (QED) is 0.495. The van der Waals surface area contributed by atoms with Gasteiger partial charge in [0, 0.05) is 36.6 Å². The van der Waals surface area contributed by atoms with Crippen molar-refractivity contribution in [2.24, 2.45) is 11.3 Å². The molecule has 36 heavy (non-hydrogen) atoms. The van der Waals surface area contributed by atoms with Gasteiger partial charge in [0.15, 0.2) is 5.69 Å². The van der Waals surface area contributed by atoms with Crippen LogP contribution in [0.3, 0.4) is 0 Å². The Morgan fingerprint density at radius 2 is 2.08 bits per heavy atom. The monoisotopic (exact) mass is 508 g/mol. The number of aliphatic hydroxyl groups excluding tert-OH is 1. The summed E-state index contributed by atoms with van der Waals surface area (Å²) in [7, 11) is 0. The molecule has 8 nitrogen and oxygen atoms in total. The van der Waals surface area contributed by atoms with E-state index in [9.17, 15) is 23.8 Å². The van der Waals surface area contributed by atoms with Crippen molar-refractivity contribution >= 4 is 5.91 Å². The van der Waals surface area contributed by atoms with Crippen LogP contribution in [0.1, 0.15) is 75.6 Å². The second-order valence-electron chi connectivity index (χ2n) is 11.1. The summed E-state index contributed by atoms with van der Waals surface area (Å²) in [6, 6.07) is 1.51.